The monoisotopic (exact) mass is 272 g/mol. The molecule has 0 saturated heterocycles. The number of hydrogen-bond acceptors (Lipinski definition) is 3. The number of alkyl halides is 4. The van der Waals surface area contributed by atoms with Gasteiger partial charge in [-0.3, -0.25) is 0 Å². The van der Waals surface area contributed by atoms with Crippen LogP contribution in [0.15, 0.2) is 12.3 Å². The van der Waals surface area contributed by atoms with Gasteiger partial charge in [-0.15, -0.1) is 0 Å². The molecule has 0 atom stereocenters. The number of pyridine rings is 1. The summed E-state index contributed by atoms with van der Waals surface area (Å²) in [5.74, 6) is -4.58. The Hall–Kier alpha value is -1.08. The van der Waals surface area contributed by atoms with E-state index in [0.29, 0.717) is 5.56 Å². The standard InChI is InChI=1S/C9H9ClF4N2O/c10-6-5(3-15)1-2-16-7(6)17-4-9(13,14)8(11)12/h1-2,8H,3-4,15H2. The van der Waals surface area contributed by atoms with Gasteiger partial charge in [0.25, 0.3) is 0 Å². The molecular formula is C9H9ClF4N2O. The topological polar surface area (TPSA) is 48.1 Å². The van der Waals surface area contributed by atoms with Crippen LogP contribution in [0.25, 0.3) is 0 Å². The maximum absolute atomic E-state index is 12.6. The van der Waals surface area contributed by atoms with Crippen LogP contribution in [0, 0.1) is 0 Å². The van der Waals surface area contributed by atoms with E-state index < -0.39 is 19.0 Å². The van der Waals surface area contributed by atoms with Gasteiger partial charge >= 0.3 is 12.3 Å². The van der Waals surface area contributed by atoms with Gasteiger partial charge in [-0.05, 0) is 11.6 Å². The second-order valence-corrected chi connectivity index (χ2v) is 3.52. The van der Waals surface area contributed by atoms with E-state index in [2.05, 4.69) is 9.72 Å². The highest BCUT2D eigenvalue weighted by Gasteiger charge is 2.42. The molecule has 96 valence electrons. The average molecular weight is 273 g/mol. The Morgan fingerprint density at radius 3 is 2.65 bits per heavy atom. The maximum Gasteiger partial charge on any atom is 0.340 e. The molecule has 0 amide bonds. The summed E-state index contributed by atoms with van der Waals surface area (Å²) in [5, 5.41) is -0.0555. The molecule has 0 radical (unpaired) electrons. The molecule has 0 unspecified atom stereocenters. The zero-order valence-electron chi connectivity index (χ0n) is 8.47. The van der Waals surface area contributed by atoms with Gasteiger partial charge in [-0.1, -0.05) is 11.6 Å². The van der Waals surface area contributed by atoms with Gasteiger partial charge < -0.3 is 10.5 Å². The fourth-order valence-electron chi connectivity index (χ4n) is 0.948. The fraction of sp³-hybridized carbons (Fsp3) is 0.444. The van der Waals surface area contributed by atoms with Crippen molar-refractivity contribution in [2.75, 3.05) is 6.61 Å². The normalized spacial score (nSPS) is 11.9. The minimum atomic E-state index is -4.25. The van der Waals surface area contributed by atoms with Crippen molar-refractivity contribution in [3.8, 4) is 5.88 Å². The van der Waals surface area contributed by atoms with Crippen molar-refractivity contribution in [1.82, 2.24) is 4.98 Å². The molecule has 1 rings (SSSR count). The van der Waals surface area contributed by atoms with Crippen molar-refractivity contribution < 1.29 is 22.3 Å². The van der Waals surface area contributed by atoms with Crippen LogP contribution in [-0.2, 0) is 6.54 Å². The average Bonchev–Trinajstić information content (AvgIpc) is 2.27. The van der Waals surface area contributed by atoms with Gasteiger partial charge in [0.05, 0.1) is 0 Å². The van der Waals surface area contributed by atoms with E-state index in [0.717, 1.165) is 0 Å². The molecule has 0 spiro atoms. The summed E-state index contributed by atoms with van der Waals surface area (Å²) in [5.41, 5.74) is 5.74. The lowest BCUT2D eigenvalue weighted by atomic mass is 10.2. The van der Waals surface area contributed by atoms with Crippen molar-refractivity contribution in [2.24, 2.45) is 5.73 Å². The molecule has 17 heavy (non-hydrogen) atoms. The predicted molar refractivity (Wildman–Crippen MR) is 53.6 cm³/mol. The number of nitrogens with zero attached hydrogens (tertiary/aromatic N) is 1. The third kappa shape index (κ3) is 3.44. The number of nitrogens with two attached hydrogens (primary N) is 1. The SMILES string of the molecule is NCc1ccnc(OCC(F)(F)C(F)F)c1Cl. The number of rotatable bonds is 5. The molecule has 0 bridgehead atoms. The van der Waals surface area contributed by atoms with Gasteiger partial charge in [0.1, 0.15) is 5.02 Å². The Bertz CT molecular complexity index is 389. The third-order valence-corrected chi connectivity index (χ3v) is 2.28. The first-order chi connectivity index (χ1) is 7.88. The number of aromatic nitrogens is 1. The fourth-order valence-corrected chi connectivity index (χ4v) is 1.19. The molecule has 0 aliphatic heterocycles. The first-order valence-electron chi connectivity index (χ1n) is 4.50. The Morgan fingerprint density at radius 1 is 1.47 bits per heavy atom. The van der Waals surface area contributed by atoms with Crippen LogP contribution in [0.3, 0.4) is 0 Å². The smallest absolute Gasteiger partial charge is 0.340 e. The minimum absolute atomic E-state index is 0.0555. The molecule has 1 aromatic heterocycles. The summed E-state index contributed by atoms with van der Waals surface area (Å²) >= 11 is 5.72. The highest BCUT2D eigenvalue weighted by atomic mass is 35.5. The molecule has 0 aliphatic rings. The number of ether oxygens (including phenoxy) is 1. The molecule has 8 heteroatoms. The van der Waals surface area contributed by atoms with E-state index in [1.165, 1.54) is 12.3 Å². The van der Waals surface area contributed by atoms with Crippen molar-refractivity contribution >= 4 is 11.6 Å². The second kappa shape index (κ2) is 5.50. The largest absolute Gasteiger partial charge is 0.470 e. The van der Waals surface area contributed by atoms with Crippen LogP contribution < -0.4 is 10.5 Å². The van der Waals surface area contributed by atoms with Gasteiger partial charge in [0.2, 0.25) is 5.88 Å². The summed E-state index contributed by atoms with van der Waals surface area (Å²) < 4.78 is 53.3. The predicted octanol–water partition coefficient (Wildman–Crippen LogP) is 2.47. The number of hydrogen-bond donors (Lipinski definition) is 1. The molecule has 0 saturated carbocycles. The molecule has 0 aromatic carbocycles. The Labute approximate surface area is 99.5 Å². The van der Waals surface area contributed by atoms with E-state index in [-0.39, 0.29) is 17.4 Å². The first kappa shape index (κ1) is 14.0. The van der Waals surface area contributed by atoms with Crippen LogP contribution in [-0.4, -0.2) is 23.9 Å². The van der Waals surface area contributed by atoms with Gasteiger partial charge in [0.15, 0.2) is 6.61 Å². The van der Waals surface area contributed by atoms with Gasteiger partial charge in [-0.2, -0.15) is 8.78 Å². The lowest BCUT2D eigenvalue weighted by Crippen LogP contribution is -2.34. The van der Waals surface area contributed by atoms with Crippen molar-refractivity contribution in [1.29, 1.82) is 0 Å². The van der Waals surface area contributed by atoms with E-state index in [4.69, 9.17) is 17.3 Å². The molecule has 1 heterocycles. The molecular weight excluding hydrogens is 264 g/mol. The number of halogens is 5. The van der Waals surface area contributed by atoms with E-state index in [9.17, 15) is 17.6 Å². The Morgan fingerprint density at radius 2 is 2.12 bits per heavy atom. The Balaban J connectivity index is 2.76. The van der Waals surface area contributed by atoms with Crippen LogP contribution in [0.2, 0.25) is 5.02 Å². The summed E-state index contributed by atoms with van der Waals surface area (Å²) in [6, 6.07) is 1.47. The highest BCUT2D eigenvalue weighted by Crippen LogP contribution is 2.28. The summed E-state index contributed by atoms with van der Waals surface area (Å²) in [6.45, 7) is -1.44. The Kier molecular flexibility index (Phi) is 4.53. The quantitative estimate of drug-likeness (QED) is 0.838. The lowest BCUT2D eigenvalue weighted by molar-refractivity contribution is -0.148. The maximum atomic E-state index is 12.6. The molecule has 0 aliphatic carbocycles. The molecule has 2 N–H and O–H groups in total. The van der Waals surface area contributed by atoms with Crippen LogP contribution in [0.4, 0.5) is 17.6 Å². The lowest BCUT2D eigenvalue weighted by Gasteiger charge is -2.16. The van der Waals surface area contributed by atoms with E-state index >= 15 is 0 Å². The van der Waals surface area contributed by atoms with Crippen molar-refractivity contribution in [3.63, 3.8) is 0 Å². The van der Waals surface area contributed by atoms with Crippen molar-refractivity contribution in [3.05, 3.63) is 22.8 Å². The summed E-state index contributed by atoms with van der Waals surface area (Å²) in [4.78, 5) is 3.56. The van der Waals surface area contributed by atoms with Crippen LogP contribution in [0.5, 0.6) is 5.88 Å². The minimum Gasteiger partial charge on any atom is -0.470 e. The summed E-state index contributed by atoms with van der Waals surface area (Å²) in [7, 11) is 0. The van der Waals surface area contributed by atoms with E-state index in [1.54, 1.807) is 0 Å². The van der Waals surface area contributed by atoms with E-state index in [1.807, 2.05) is 0 Å². The zero-order chi connectivity index (χ0) is 13.1. The highest BCUT2D eigenvalue weighted by molar-refractivity contribution is 6.32. The van der Waals surface area contributed by atoms with Gasteiger partial charge in [0, 0.05) is 12.7 Å². The van der Waals surface area contributed by atoms with Gasteiger partial charge in [-0.25, -0.2) is 13.8 Å². The molecule has 3 nitrogen and oxygen atoms in total. The van der Waals surface area contributed by atoms with Crippen LogP contribution in [0.1, 0.15) is 5.56 Å². The molecule has 0 fully saturated rings. The van der Waals surface area contributed by atoms with Crippen molar-refractivity contribution in [2.45, 2.75) is 18.9 Å². The third-order valence-electron chi connectivity index (χ3n) is 1.88. The molecule has 1 aromatic rings. The zero-order valence-corrected chi connectivity index (χ0v) is 9.22. The van der Waals surface area contributed by atoms with Crippen LogP contribution >= 0.6 is 11.6 Å². The summed E-state index contributed by atoms with van der Waals surface area (Å²) in [6.07, 6.45) is -2.57. The second-order valence-electron chi connectivity index (χ2n) is 3.14. The first-order valence-corrected chi connectivity index (χ1v) is 4.88.